The number of nitriles is 1. The number of nitro benzene ring substituents is 1. The van der Waals surface area contributed by atoms with Gasteiger partial charge in [0.15, 0.2) is 0 Å². The molecule has 0 saturated carbocycles. The minimum atomic E-state index is -1.32. The Morgan fingerprint density at radius 1 is 1.46 bits per heavy atom. The van der Waals surface area contributed by atoms with Crippen molar-refractivity contribution in [3.63, 3.8) is 0 Å². The largest absolute Gasteiger partial charge is 0.469 e. The highest BCUT2D eigenvalue weighted by Gasteiger charge is 2.40. The Morgan fingerprint density at radius 2 is 2.08 bits per heavy atom. The molecular weight excluding hydrogens is 311 g/mol. The van der Waals surface area contributed by atoms with Crippen molar-refractivity contribution in [1.29, 1.82) is 5.26 Å². The number of benzene rings is 1. The maximum atomic E-state index is 12.2. The van der Waals surface area contributed by atoms with E-state index in [1.54, 1.807) is 6.07 Å². The van der Waals surface area contributed by atoms with E-state index in [9.17, 15) is 20.0 Å². The summed E-state index contributed by atoms with van der Waals surface area (Å²) >= 11 is 0. The summed E-state index contributed by atoms with van der Waals surface area (Å²) in [7, 11) is 1.24. The number of carbonyl (C=O) groups is 1. The lowest BCUT2D eigenvalue weighted by atomic mass is 9.41. The lowest BCUT2D eigenvalue weighted by molar-refractivity contribution is -0.386. The number of methoxy groups -OCH3 is 1. The van der Waals surface area contributed by atoms with Gasteiger partial charge in [-0.3, -0.25) is 14.9 Å². The molecule has 2 atom stereocenters. The van der Waals surface area contributed by atoms with E-state index < -0.39 is 22.9 Å². The molecule has 0 spiro atoms. The van der Waals surface area contributed by atoms with Gasteiger partial charge in [0.25, 0.3) is 12.4 Å². The van der Waals surface area contributed by atoms with Crippen molar-refractivity contribution in [2.75, 3.05) is 7.11 Å². The van der Waals surface area contributed by atoms with Crippen LogP contribution in [0.15, 0.2) is 24.3 Å². The number of ether oxygens (including phenoxy) is 1. The molecule has 1 saturated heterocycles. The monoisotopic (exact) mass is 330 g/mol. The second-order valence-corrected chi connectivity index (χ2v) is 6.05. The fourth-order valence-corrected chi connectivity index (χ4v) is 3.42. The maximum absolute atomic E-state index is 12.2. The van der Waals surface area contributed by atoms with E-state index in [4.69, 9.17) is 10.00 Å². The third-order valence-corrected chi connectivity index (χ3v) is 4.73. The number of rotatable bonds is 5. The van der Waals surface area contributed by atoms with Crippen LogP contribution in [-0.2, 0) is 9.53 Å². The molecule has 1 heterocycles. The van der Waals surface area contributed by atoms with Gasteiger partial charge in [0.2, 0.25) is 0 Å². The quantitative estimate of drug-likeness (QED) is 0.384. The zero-order valence-electron chi connectivity index (χ0n) is 13.4. The van der Waals surface area contributed by atoms with Gasteiger partial charge in [-0.2, -0.15) is 0 Å². The van der Waals surface area contributed by atoms with E-state index in [2.05, 4.69) is 5.97 Å². The molecule has 1 fully saturated rings. The highest BCUT2D eigenvalue weighted by atomic mass is 16.6. The Morgan fingerprint density at radius 3 is 2.62 bits per heavy atom. The number of nitrogens with zero attached hydrogens (tertiary/aromatic N) is 2. The topological polar surface area (TPSA) is 113 Å². The first-order chi connectivity index (χ1) is 11.5. The van der Waals surface area contributed by atoms with Gasteiger partial charge in [-0.15, -0.1) is 0 Å². The predicted molar refractivity (Wildman–Crippen MR) is 87.3 cm³/mol. The summed E-state index contributed by atoms with van der Waals surface area (Å²) in [5, 5.41) is 30.9. The average molecular weight is 330 g/mol. The summed E-state index contributed by atoms with van der Waals surface area (Å²) in [4.78, 5) is 22.9. The number of aliphatic hydroxyl groups excluding tert-OH is 1. The van der Waals surface area contributed by atoms with Gasteiger partial charge in [-0.05, 0) is 12.0 Å². The molecule has 1 aromatic carbocycles. The molecule has 0 bridgehead atoms. The average Bonchev–Trinajstić information content (AvgIpc) is 2.62. The van der Waals surface area contributed by atoms with Crippen molar-refractivity contribution in [3.05, 3.63) is 39.9 Å². The summed E-state index contributed by atoms with van der Waals surface area (Å²) in [5.41, 5.74) is -0.107. The first-order valence-corrected chi connectivity index (χ1v) is 7.88. The Labute approximate surface area is 140 Å². The molecule has 7 nitrogen and oxygen atoms in total. The Bertz CT molecular complexity index is 652. The van der Waals surface area contributed by atoms with Gasteiger partial charge < -0.3 is 9.84 Å². The fraction of sp³-hybridized carbons (Fsp3) is 0.500. The van der Waals surface area contributed by atoms with E-state index >= 15 is 0 Å². The molecule has 2 unspecified atom stereocenters. The van der Waals surface area contributed by atoms with E-state index in [0.717, 1.165) is 0 Å². The summed E-state index contributed by atoms with van der Waals surface area (Å²) in [6.45, 7) is -0.0391. The first kappa shape index (κ1) is 18.0. The summed E-state index contributed by atoms with van der Waals surface area (Å²) in [5.74, 6) is 0.593. The molecule has 0 amide bonds. The van der Waals surface area contributed by atoms with Gasteiger partial charge >= 0.3 is 5.97 Å². The molecule has 1 aliphatic rings. The van der Waals surface area contributed by atoms with Crippen LogP contribution >= 0.6 is 0 Å². The first-order valence-electron chi connectivity index (χ1n) is 7.88. The number of nitro groups is 1. The van der Waals surface area contributed by atoms with Crippen LogP contribution in [0.4, 0.5) is 5.69 Å². The van der Waals surface area contributed by atoms with Gasteiger partial charge in [-0.1, -0.05) is 37.6 Å². The minimum Gasteiger partial charge on any atom is -0.469 e. The molecular formula is C16H19BN2O5. The highest BCUT2D eigenvalue weighted by molar-refractivity contribution is 6.67. The van der Waals surface area contributed by atoms with Gasteiger partial charge in [0.1, 0.15) is 0 Å². The lowest BCUT2D eigenvalue weighted by Crippen LogP contribution is -2.34. The van der Waals surface area contributed by atoms with Crippen molar-refractivity contribution in [3.8, 4) is 5.97 Å². The van der Waals surface area contributed by atoms with Crippen LogP contribution < -0.4 is 0 Å². The van der Waals surface area contributed by atoms with Crippen LogP contribution in [0.1, 0.15) is 24.5 Å². The molecule has 0 radical (unpaired) electrons. The summed E-state index contributed by atoms with van der Waals surface area (Å²) in [6, 6.07) is 5.87. The van der Waals surface area contributed by atoms with E-state index in [0.29, 0.717) is 25.5 Å². The van der Waals surface area contributed by atoms with Gasteiger partial charge in [-0.25, -0.2) is 5.26 Å². The molecule has 1 N–H and O–H groups in total. The number of aliphatic hydroxyl groups is 1. The number of hydrogen-bond acceptors (Lipinski definition) is 6. The van der Waals surface area contributed by atoms with Crippen LogP contribution in [0.3, 0.4) is 0 Å². The van der Waals surface area contributed by atoms with Crippen molar-refractivity contribution < 1.29 is 19.6 Å². The van der Waals surface area contributed by atoms with E-state index in [1.165, 1.54) is 25.3 Å². The number of para-hydroxylation sites is 1. The normalized spacial score (nSPS) is 17.6. The second kappa shape index (κ2) is 7.93. The SMILES string of the molecule is COC(=O)C(C1CCB(C#N)CC1)C(O)c1ccccc1[N+](=O)[O-]. The Hall–Kier alpha value is -2.40. The zero-order chi connectivity index (χ0) is 17.7. The molecule has 0 aromatic heterocycles. The van der Waals surface area contributed by atoms with Crippen molar-refractivity contribution in [2.45, 2.75) is 31.6 Å². The Balaban J connectivity index is 2.30. The number of esters is 1. The molecule has 1 aromatic rings. The number of hydrogen-bond donors (Lipinski definition) is 1. The van der Waals surface area contributed by atoms with Gasteiger partial charge in [0.05, 0.1) is 29.6 Å². The van der Waals surface area contributed by atoms with Crippen LogP contribution in [0, 0.1) is 33.2 Å². The van der Waals surface area contributed by atoms with E-state index in [-0.39, 0.29) is 23.9 Å². The van der Waals surface area contributed by atoms with Gasteiger partial charge in [0, 0.05) is 12.0 Å². The number of carbonyl (C=O) groups excluding carboxylic acids is 1. The van der Waals surface area contributed by atoms with Crippen LogP contribution in [-0.4, -0.2) is 29.8 Å². The van der Waals surface area contributed by atoms with Crippen LogP contribution in [0.2, 0.25) is 12.6 Å². The highest BCUT2D eigenvalue weighted by Crippen LogP contribution is 2.40. The molecule has 2 rings (SSSR count). The molecule has 0 aliphatic carbocycles. The summed E-state index contributed by atoms with van der Waals surface area (Å²) in [6.07, 6.45) is 1.20. The summed E-state index contributed by atoms with van der Waals surface area (Å²) < 4.78 is 4.83. The Kier molecular flexibility index (Phi) is 5.93. The van der Waals surface area contributed by atoms with E-state index in [1.807, 2.05) is 0 Å². The fourth-order valence-electron chi connectivity index (χ4n) is 3.42. The second-order valence-electron chi connectivity index (χ2n) is 6.05. The third-order valence-electron chi connectivity index (χ3n) is 4.73. The molecule has 126 valence electrons. The zero-order valence-corrected chi connectivity index (χ0v) is 13.4. The maximum Gasteiger partial charge on any atom is 0.311 e. The predicted octanol–water partition coefficient (Wildman–Crippen LogP) is 2.38. The van der Waals surface area contributed by atoms with Crippen molar-refractivity contribution >= 4 is 18.4 Å². The van der Waals surface area contributed by atoms with Crippen molar-refractivity contribution in [1.82, 2.24) is 0 Å². The third kappa shape index (κ3) is 3.74. The standard InChI is InChI=1S/C16H19BN2O5/c1-24-16(21)14(11-6-8-17(10-18)9-7-11)15(20)12-4-2-3-5-13(12)19(22)23/h2-5,11,14-15,20H,6-9H2,1H3. The van der Waals surface area contributed by atoms with Crippen LogP contribution in [0.5, 0.6) is 0 Å². The smallest absolute Gasteiger partial charge is 0.311 e. The lowest BCUT2D eigenvalue weighted by Gasteiger charge is -2.32. The van der Waals surface area contributed by atoms with Crippen molar-refractivity contribution in [2.24, 2.45) is 11.8 Å². The molecule has 8 heteroatoms. The minimum absolute atomic E-state index is 0.0391. The van der Waals surface area contributed by atoms with Crippen LogP contribution in [0.25, 0.3) is 0 Å². The molecule has 24 heavy (non-hydrogen) atoms. The molecule has 1 aliphatic heterocycles.